The highest BCUT2D eigenvalue weighted by Crippen LogP contribution is 2.35. The molecule has 4 aromatic heterocycles. The molecule has 1 aliphatic heterocycles. The molecular formula is C17H13F3N6O. The van der Waals surface area contributed by atoms with Crippen LogP contribution >= 0.6 is 0 Å². The Labute approximate surface area is 150 Å². The molecule has 0 spiro atoms. The highest BCUT2D eigenvalue weighted by atomic mass is 19.4. The molecule has 0 aromatic carbocycles. The number of hydrogen-bond donors (Lipinski definition) is 0. The van der Waals surface area contributed by atoms with Gasteiger partial charge in [0.05, 0.1) is 5.69 Å². The quantitative estimate of drug-likeness (QED) is 0.534. The van der Waals surface area contributed by atoms with Gasteiger partial charge in [0.15, 0.2) is 0 Å². The summed E-state index contributed by atoms with van der Waals surface area (Å²) in [7, 11) is 0. The predicted octanol–water partition coefficient (Wildman–Crippen LogP) is 3.55. The minimum absolute atomic E-state index is 0.196. The van der Waals surface area contributed by atoms with E-state index in [1.54, 1.807) is 6.20 Å². The van der Waals surface area contributed by atoms with Gasteiger partial charge in [-0.1, -0.05) is 0 Å². The van der Waals surface area contributed by atoms with E-state index >= 15 is 0 Å². The third-order valence-electron chi connectivity index (χ3n) is 4.69. The molecule has 10 heteroatoms. The summed E-state index contributed by atoms with van der Waals surface area (Å²) >= 11 is 0. The average Bonchev–Trinajstić information content (AvgIpc) is 3.40. The van der Waals surface area contributed by atoms with Crippen LogP contribution in [0.2, 0.25) is 0 Å². The zero-order valence-corrected chi connectivity index (χ0v) is 13.9. The first-order valence-corrected chi connectivity index (χ1v) is 8.42. The van der Waals surface area contributed by atoms with Crippen molar-refractivity contribution in [3.63, 3.8) is 0 Å². The monoisotopic (exact) mass is 374 g/mol. The van der Waals surface area contributed by atoms with Crippen LogP contribution in [0.3, 0.4) is 0 Å². The molecule has 5 rings (SSSR count). The molecule has 1 saturated heterocycles. The lowest BCUT2D eigenvalue weighted by Gasteiger charge is -2.20. The molecular weight excluding hydrogens is 361 g/mol. The van der Waals surface area contributed by atoms with Crippen molar-refractivity contribution in [3.8, 4) is 11.6 Å². The lowest BCUT2D eigenvalue weighted by Crippen LogP contribution is -2.19. The molecule has 0 N–H and O–H groups in total. The average molecular weight is 374 g/mol. The smallest absolute Gasteiger partial charge is 0.422 e. The van der Waals surface area contributed by atoms with Crippen molar-refractivity contribution in [3.05, 3.63) is 36.5 Å². The number of alkyl halides is 3. The van der Waals surface area contributed by atoms with E-state index in [1.165, 1.54) is 16.9 Å². The first kappa shape index (κ1) is 16.0. The van der Waals surface area contributed by atoms with Crippen LogP contribution in [0.5, 0.6) is 0 Å². The van der Waals surface area contributed by atoms with Gasteiger partial charge in [-0.15, -0.1) is 10.2 Å². The van der Waals surface area contributed by atoms with Crippen molar-refractivity contribution in [2.24, 2.45) is 0 Å². The van der Waals surface area contributed by atoms with E-state index in [-0.39, 0.29) is 11.5 Å². The summed E-state index contributed by atoms with van der Waals surface area (Å²) < 4.78 is 46.3. The van der Waals surface area contributed by atoms with Crippen molar-refractivity contribution >= 4 is 22.4 Å². The Morgan fingerprint density at radius 1 is 1.07 bits per heavy atom. The van der Waals surface area contributed by atoms with Crippen LogP contribution in [0.25, 0.3) is 28.3 Å². The molecule has 0 radical (unpaired) electrons. The molecule has 27 heavy (non-hydrogen) atoms. The van der Waals surface area contributed by atoms with Gasteiger partial charge in [0.2, 0.25) is 6.39 Å². The molecule has 1 fully saturated rings. The Hall–Kier alpha value is -3.17. The van der Waals surface area contributed by atoms with Gasteiger partial charge in [0.25, 0.3) is 5.89 Å². The van der Waals surface area contributed by atoms with Crippen LogP contribution in [0.1, 0.15) is 18.5 Å². The number of fused-ring (bicyclic) bond motifs is 3. The van der Waals surface area contributed by atoms with Crippen LogP contribution in [0.4, 0.5) is 18.9 Å². The second kappa shape index (κ2) is 5.66. The number of pyridine rings is 2. The Bertz CT molecular complexity index is 1130. The fourth-order valence-electron chi connectivity index (χ4n) is 3.46. The van der Waals surface area contributed by atoms with Crippen molar-refractivity contribution < 1.29 is 17.6 Å². The first-order chi connectivity index (χ1) is 13.0. The molecule has 0 unspecified atom stereocenters. The molecule has 0 amide bonds. The van der Waals surface area contributed by atoms with Crippen molar-refractivity contribution in [1.29, 1.82) is 0 Å². The van der Waals surface area contributed by atoms with Gasteiger partial charge in [0.1, 0.15) is 22.7 Å². The summed E-state index contributed by atoms with van der Waals surface area (Å²) in [6.07, 6.45) is 0.296. The van der Waals surface area contributed by atoms with E-state index in [0.717, 1.165) is 37.7 Å². The van der Waals surface area contributed by atoms with E-state index < -0.39 is 11.9 Å². The molecule has 4 aromatic rings. The number of anilines is 1. The van der Waals surface area contributed by atoms with Gasteiger partial charge < -0.3 is 9.32 Å². The lowest BCUT2D eigenvalue weighted by molar-refractivity contribution is -0.141. The Kier molecular flexibility index (Phi) is 3.36. The van der Waals surface area contributed by atoms with Crippen LogP contribution in [-0.4, -0.2) is 37.7 Å². The third kappa shape index (κ3) is 2.59. The summed E-state index contributed by atoms with van der Waals surface area (Å²) in [5.74, 6) is 0.196. The van der Waals surface area contributed by atoms with Crippen LogP contribution in [0.15, 0.2) is 35.2 Å². The number of hydrogen-bond acceptors (Lipinski definition) is 6. The summed E-state index contributed by atoms with van der Waals surface area (Å²) in [4.78, 5) is 10.5. The van der Waals surface area contributed by atoms with Gasteiger partial charge >= 0.3 is 6.18 Å². The maximum Gasteiger partial charge on any atom is 0.433 e. The summed E-state index contributed by atoms with van der Waals surface area (Å²) in [5, 5.41) is 8.08. The zero-order chi connectivity index (χ0) is 18.6. The molecule has 0 bridgehead atoms. The van der Waals surface area contributed by atoms with Crippen molar-refractivity contribution in [1.82, 2.24) is 24.6 Å². The van der Waals surface area contributed by atoms with Crippen LogP contribution in [-0.2, 0) is 6.18 Å². The van der Waals surface area contributed by atoms with Crippen LogP contribution in [0, 0.1) is 0 Å². The Morgan fingerprint density at radius 3 is 2.59 bits per heavy atom. The molecule has 138 valence electrons. The van der Waals surface area contributed by atoms with Gasteiger partial charge in [-0.25, -0.2) is 9.97 Å². The molecule has 1 aliphatic rings. The van der Waals surface area contributed by atoms with Gasteiger partial charge in [0, 0.05) is 30.7 Å². The van der Waals surface area contributed by atoms with E-state index in [0.29, 0.717) is 16.7 Å². The second-order valence-corrected chi connectivity index (χ2v) is 6.39. The standard InChI is InChI=1S/C17H13F3N6O/c18-17(19,20)13-4-3-10-12(25-5-1-2-6-25)7-14-22-11(16-24-21-9-27-16)8-26(14)15(10)23-13/h3-4,7-9H,1-2,5-6H2. The summed E-state index contributed by atoms with van der Waals surface area (Å²) in [6.45, 7) is 1.70. The summed E-state index contributed by atoms with van der Waals surface area (Å²) in [5.41, 5.74) is 0.945. The van der Waals surface area contributed by atoms with Crippen LogP contribution < -0.4 is 4.90 Å². The Morgan fingerprint density at radius 2 is 1.89 bits per heavy atom. The van der Waals surface area contributed by atoms with E-state index in [9.17, 15) is 13.2 Å². The molecule has 7 nitrogen and oxygen atoms in total. The van der Waals surface area contributed by atoms with E-state index in [1.807, 2.05) is 6.07 Å². The predicted molar refractivity (Wildman–Crippen MR) is 90.2 cm³/mol. The minimum Gasteiger partial charge on any atom is -0.422 e. The lowest BCUT2D eigenvalue weighted by atomic mass is 10.2. The molecule has 0 aliphatic carbocycles. The summed E-state index contributed by atoms with van der Waals surface area (Å²) in [6, 6.07) is 4.36. The van der Waals surface area contributed by atoms with Crippen molar-refractivity contribution in [2.45, 2.75) is 19.0 Å². The Balaban J connectivity index is 1.81. The maximum absolute atomic E-state index is 13.2. The number of nitrogens with zero attached hydrogens (tertiary/aromatic N) is 6. The van der Waals surface area contributed by atoms with E-state index in [4.69, 9.17) is 4.42 Å². The minimum atomic E-state index is -4.53. The molecule has 0 atom stereocenters. The van der Waals surface area contributed by atoms with Gasteiger partial charge in [-0.2, -0.15) is 13.2 Å². The SMILES string of the molecule is FC(F)(F)c1ccc2c(N3CCCC3)cc3nc(-c4nnco4)cn3c2n1. The largest absolute Gasteiger partial charge is 0.433 e. The fraction of sp³-hybridized carbons (Fsp3) is 0.294. The first-order valence-electron chi connectivity index (χ1n) is 8.42. The van der Waals surface area contributed by atoms with Gasteiger partial charge in [-0.05, 0) is 25.0 Å². The second-order valence-electron chi connectivity index (χ2n) is 6.39. The number of rotatable bonds is 2. The number of halogens is 3. The van der Waals surface area contributed by atoms with Gasteiger partial charge in [-0.3, -0.25) is 4.40 Å². The fourth-order valence-corrected chi connectivity index (χ4v) is 3.46. The van der Waals surface area contributed by atoms with Crippen molar-refractivity contribution in [2.75, 3.05) is 18.0 Å². The third-order valence-corrected chi connectivity index (χ3v) is 4.69. The normalized spacial score (nSPS) is 15.3. The zero-order valence-electron chi connectivity index (χ0n) is 13.9. The molecule has 5 heterocycles. The maximum atomic E-state index is 13.2. The number of aromatic nitrogens is 5. The van der Waals surface area contributed by atoms with E-state index in [2.05, 4.69) is 25.1 Å². The topological polar surface area (TPSA) is 72.4 Å². The molecule has 0 saturated carbocycles. The highest BCUT2D eigenvalue weighted by Gasteiger charge is 2.33. The highest BCUT2D eigenvalue weighted by molar-refractivity contribution is 5.93. The number of imidazole rings is 1.